The maximum Gasteiger partial charge on any atom is 0.224 e. The van der Waals surface area contributed by atoms with E-state index in [1.807, 2.05) is 0 Å². The van der Waals surface area contributed by atoms with Crippen molar-refractivity contribution in [2.75, 3.05) is 26.2 Å². The molecule has 2 unspecified atom stereocenters. The molecule has 4 N–H and O–H groups in total. The lowest BCUT2D eigenvalue weighted by Gasteiger charge is -2.16. The van der Waals surface area contributed by atoms with E-state index in [0.717, 1.165) is 0 Å². The van der Waals surface area contributed by atoms with Crippen LogP contribution in [0.3, 0.4) is 0 Å². The maximum absolute atomic E-state index is 11.3. The first-order chi connectivity index (χ1) is 6.59. The highest BCUT2D eigenvalue weighted by Gasteiger charge is 2.25. The Labute approximate surface area is 84.3 Å². The van der Waals surface area contributed by atoms with Gasteiger partial charge in [0.25, 0.3) is 0 Å². The van der Waals surface area contributed by atoms with E-state index in [1.54, 1.807) is 11.8 Å². The van der Waals surface area contributed by atoms with Gasteiger partial charge in [0.2, 0.25) is 5.91 Å². The maximum atomic E-state index is 11.3. The topological polar surface area (TPSA) is 78.6 Å². The molecule has 14 heavy (non-hydrogen) atoms. The minimum Gasteiger partial charge on any atom is -0.392 e. The predicted octanol–water partition coefficient (Wildman–Crippen LogP) is -1.48. The number of nitrogens with zero attached hydrogens (tertiary/aromatic N) is 1. The van der Waals surface area contributed by atoms with Gasteiger partial charge in [0, 0.05) is 38.6 Å². The standard InChI is InChI=1S/C9H19N3O2/c1-7(13)5-11-2-3-12-6-8(10)4-9(12)14/h7-8,11,13H,2-6,10H2,1H3. The molecule has 1 saturated heterocycles. The monoisotopic (exact) mass is 201 g/mol. The summed E-state index contributed by atoms with van der Waals surface area (Å²) >= 11 is 0. The van der Waals surface area contributed by atoms with Crippen LogP contribution < -0.4 is 11.1 Å². The number of hydrogen-bond donors (Lipinski definition) is 3. The molecule has 0 aromatic rings. The fourth-order valence-corrected chi connectivity index (χ4v) is 1.54. The number of carbonyl (C=O) groups excluding carboxylic acids is 1. The molecule has 1 aliphatic heterocycles. The van der Waals surface area contributed by atoms with Gasteiger partial charge in [-0.2, -0.15) is 0 Å². The molecule has 82 valence electrons. The fraction of sp³-hybridized carbons (Fsp3) is 0.889. The fourth-order valence-electron chi connectivity index (χ4n) is 1.54. The largest absolute Gasteiger partial charge is 0.392 e. The van der Waals surface area contributed by atoms with Gasteiger partial charge in [-0.25, -0.2) is 0 Å². The Balaban J connectivity index is 2.10. The van der Waals surface area contributed by atoms with Crippen LogP contribution in [0.25, 0.3) is 0 Å². The first-order valence-electron chi connectivity index (χ1n) is 5.01. The van der Waals surface area contributed by atoms with Crippen molar-refractivity contribution in [2.24, 2.45) is 5.73 Å². The third kappa shape index (κ3) is 3.61. The Kier molecular flexibility index (Phi) is 4.31. The summed E-state index contributed by atoms with van der Waals surface area (Å²) < 4.78 is 0. The molecule has 0 aliphatic carbocycles. The summed E-state index contributed by atoms with van der Waals surface area (Å²) in [5, 5.41) is 12.0. The summed E-state index contributed by atoms with van der Waals surface area (Å²) in [6, 6.07) is -0.000680. The van der Waals surface area contributed by atoms with E-state index >= 15 is 0 Å². The van der Waals surface area contributed by atoms with E-state index < -0.39 is 0 Å². The van der Waals surface area contributed by atoms with E-state index in [1.165, 1.54) is 0 Å². The summed E-state index contributed by atoms with van der Waals surface area (Å²) in [7, 11) is 0. The summed E-state index contributed by atoms with van der Waals surface area (Å²) in [5.74, 6) is 0.136. The highest BCUT2D eigenvalue weighted by molar-refractivity contribution is 5.79. The first kappa shape index (κ1) is 11.4. The van der Waals surface area contributed by atoms with Gasteiger partial charge in [0.05, 0.1) is 6.10 Å². The number of aliphatic hydroxyl groups is 1. The Bertz CT molecular complexity index is 196. The molecular weight excluding hydrogens is 182 g/mol. The highest BCUT2D eigenvalue weighted by atomic mass is 16.3. The number of hydrogen-bond acceptors (Lipinski definition) is 4. The number of carbonyl (C=O) groups is 1. The molecule has 5 nitrogen and oxygen atoms in total. The molecule has 0 aromatic heterocycles. The van der Waals surface area contributed by atoms with E-state index in [9.17, 15) is 4.79 Å². The van der Waals surface area contributed by atoms with Gasteiger partial charge in [-0.15, -0.1) is 0 Å². The van der Waals surface area contributed by atoms with Crippen LogP contribution >= 0.6 is 0 Å². The summed E-state index contributed by atoms with van der Waals surface area (Å²) in [6.07, 6.45) is 0.127. The molecule has 0 saturated carbocycles. The Morgan fingerprint density at radius 1 is 1.79 bits per heavy atom. The van der Waals surface area contributed by atoms with Gasteiger partial charge in [-0.1, -0.05) is 0 Å². The molecule has 0 radical (unpaired) electrons. The van der Waals surface area contributed by atoms with Crippen molar-refractivity contribution in [1.29, 1.82) is 0 Å². The van der Waals surface area contributed by atoms with Crippen LogP contribution in [-0.2, 0) is 4.79 Å². The van der Waals surface area contributed by atoms with E-state index in [-0.39, 0.29) is 18.1 Å². The molecule has 1 aliphatic rings. The third-order valence-corrected chi connectivity index (χ3v) is 2.24. The first-order valence-corrected chi connectivity index (χ1v) is 5.01. The molecule has 5 heteroatoms. The van der Waals surface area contributed by atoms with Crippen LogP contribution in [0.2, 0.25) is 0 Å². The van der Waals surface area contributed by atoms with Crippen LogP contribution in [-0.4, -0.2) is 54.2 Å². The predicted molar refractivity (Wildman–Crippen MR) is 53.7 cm³/mol. The zero-order valence-electron chi connectivity index (χ0n) is 8.57. The van der Waals surface area contributed by atoms with Gasteiger partial charge in [-0.3, -0.25) is 4.79 Å². The number of amides is 1. The lowest BCUT2D eigenvalue weighted by Crippen LogP contribution is -2.36. The number of nitrogens with two attached hydrogens (primary N) is 1. The van der Waals surface area contributed by atoms with Gasteiger partial charge in [0.15, 0.2) is 0 Å². The van der Waals surface area contributed by atoms with Crippen molar-refractivity contribution < 1.29 is 9.90 Å². The highest BCUT2D eigenvalue weighted by Crippen LogP contribution is 2.07. The summed E-state index contributed by atoms with van der Waals surface area (Å²) in [4.78, 5) is 13.0. The van der Waals surface area contributed by atoms with Gasteiger partial charge >= 0.3 is 0 Å². The average Bonchev–Trinajstić information content (AvgIpc) is 2.39. The zero-order valence-corrected chi connectivity index (χ0v) is 8.57. The van der Waals surface area contributed by atoms with E-state index in [0.29, 0.717) is 32.6 Å². The number of rotatable bonds is 5. The Hall–Kier alpha value is -0.650. The lowest BCUT2D eigenvalue weighted by atomic mass is 10.3. The van der Waals surface area contributed by atoms with Crippen molar-refractivity contribution in [3.63, 3.8) is 0 Å². The second kappa shape index (κ2) is 5.29. The molecule has 0 spiro atoms. The number of likely N-dealkylation sites (tertiary alicyclic amines) is 1. The quantitative estimate of drug-likeness (QED) is 0.474. The smallest absolute Gasteiger partial charge is 0.224 e. The third-order valence-electron chi connectivity index (χ3n) is 2.24. The van der Waals surface area contributed by atoms with Gasteiger partial charge < -0.3 is 21.1 Å². The van der Waals surface area contributed by atoms with E-state index in [4.69, 9.17) is 10.8 Å². The summed E-state index contributed by atoms with van der Waals surface area (Å²) in [6.45, 7) is 4.34. The SMILES string of the molecule is CC(O)CNCCN1CC(N)CC1=O. The molecule has 0 aromatic carbocycles. The average molecular weight is 201 g/mol. The van der Waals surface area contributed by atoms with Crippen molar-refractivity contribution >= 4 is 5.91 Å². The molecule has 1 heterocycles. The molecular formula is C9H19N3O2. The molecule has 1 amide bonds. The molecule has 1 rings (SSSR count). The summed E-state index contributed by atoms with van der Waals surface area (Å²) in [5.41, 5.74) is 5.65. The molecule has 0 bridgehead atoms. The Morgan fingerprint density at radius 3 is 3.00 bits per heavy atom. The van der Waals surface area contributed by atoms with Gasteiger partial charge in [0.1, 0.15) is 0 Å². The minimum atomic E-state index is -0.341. The second-order valence-electron chi connectivity index (χ2n) is 3.86. The zero-order chi connectivity index (χ0) is 10.6. The van der Waals surface area contributed by atoms with Gasteiger partial charge in [-0.05, 0) is 6.92 Å². The van der Waals surface area contributed by atoms with Crippen LogP contribution in [0.1, 0.15) is 13.3 Å². The van der Waals surface area contributed by atoms with E-state index in [2.05, 4.69) is 5.32 Å². The van der Waals surface area contributed by atoms with Crippen molar-refractivity contribution in [3.05, 3.63) is 0 Å². The van der Waals surface area contributed by atoms with Crippen LogP contribution in [0.4, 0.5) is 0 Å². The molecule has 1 fully saturated rings. The second-order valence-corrected chi connectivity index (χ2v) is 3.86. The Morgan fingerprint density at radius 2 is 2.50 bits per heavy atom. The van der Waals surface area contributed by atoms with Crippen LogP contribution in [0.5, 0.6) is 0 Å². The minimum absolute atomic E-state index is 0.000680. The molecule has 2 atom stereocenters. The lowest BCUT2D eigenvalue weighted by molar-refractivity contribution is -0.127. The van der Waals surface area contributed by atoms with Crippen molar-refractivity contribution in [2.45, 2.75) is 25.5 Å². The van der Waals surface area contributed by atoms with Crippen molar-refractivity contribution in [3.8, 4) is 0 Å². The number of aliphatic hydroxyl groups excluding tert-OH is 1. The van der Waals surface area contributed by atoms with Crippen LogP contribution in [0.15, 0.2) is 0 Å². The van der Waals surface area contributed by atoms with Crippen LogP contribution in [0, 0.1) is 0 Å². The van der Waals surface area contributed by atoms with Crippen molar-refractivity contribution in [1.82, 2.24) is 10.2 Å². The number of nitrogens with one attached hydrogen (secondary N) is 1. The normalized spacial score (nSPS) is 24.4.